The Labute approximate surface area is 75.3 Å². The van der Waals surface area contributed by atoms with E-state index in [9.17, 15) is 0 Å². The zero-order valence-electron chi connectivity index (χ0n) is 8.05. The SMILES string of the molecule is CN1CCCC(CC2CNC2)C1. The number of hydrogen-bond donors (Lipinski definition) is 1. The van der Waals surface area contributed by atoms with Gasteiger partial charge in [-0.25, -0.2) is 0 Å². The monoisotopic (exact) mass is 168 g/mol. The Morgan fingerprint density at radius 3 is 2.75 bits per heavy atom. The fourth-order valence-electron chi connectivity index (χ4n) is 2.45. The van der Waals surface area contributed by atoms with E-state index in [1.54, 1.807) is 0 Å². The fraction of sp³-hybridized carbons (Fsp3) is 1.00. The number of piperidine rings is 1. The minimum Gasteiger partial charge on any atom is -0.316 e. The van der Waals surface area contributed by atoms with E-state index < -0.39 is 0 Å². The summed E-state index contributed by atoms with van der Waals surface area (Å²) >= 11 is 0. The topological polar surface area (TPSA) is 15.3 Å². The van der Waals surface area contributed by atoms with Gasteiger partial charge >= 0.3 is 0 Å². The third kappa shape index (κ3) is 1.99. The lowest BCUT2D eigenvalue weighted by Gasteiger charge is -2.35. The molecule has 70 valence electrons. The summed E-state index contributed by atoms with van der Waals surface area (Å²) in [4.78, 5) is 2.49. The third-order valence-electron chi connectivity index (χ3n) is 3.25. The highest BCUT2D eigenvalue weighted by molar-refractivity contribution is 4.80. The lowest BCUT2D eigenvalue weighted by atomic mass is 9.86. The number of nitrogens with one attached hydrogen (secondary N) is 1. The maximum Gasteiger partial charge on any atom is 0.000673 e. The van der Waals surface area contributed by atoms with Gasteiger partial charge in [0.05, 0.1) is 0 Å². The van der Waals surface area contributed by atoms with E-state index in [-0.39, 0.29) is 0 Å². The van der Waals surface area contributed by atoms with Crippen molar-refractivity contribution in [3.63, 3.8) is 0 Å². The maximum absolute atomic E-state index is 3.35. The third-order valence-corrected chi connectivity index (χ3v) is 3.25. The van der Waals surface area contributed by atoms with Crippen LogP contribution in [-0.4, -0.2) is 38.1 Å². The molecule has 0 saturated carbocycles. The zero-order chi connectivity index (χ0) is 8.39. The lowest BCUT2D eigenvalue weighted by molar-refractivity contribution is 0.167. The molecule has 0 aliphatic carbocycles. The molecule has 0 aromatic carbocycles. The molecule has 2 heterocycles. The van der Waals surface area contributed by atoms with Gasteiger partial charge in [-0.1, -0.05) is 0 Å². The highest BCUT2D eigenvalue weighted by Crippen LogP contribution is 2.24. The summed E-state index contributed by atoms with van der Waals surface area (Å²) in [6.07, 6.45) is 4.36. The van der Waals surface area contributed by atoms with Gasteiger partial charge in [0.1, 0.15) is 0 Å². The van der Waals surface area contributed by atoms with E-state index in [2.05, 4.69) is 17.3 Å². The molecule has 0 radical (unpaired) electrons. The average Bonchev–Trinajstić information content (AvgIpc) is 1.97. The normalized spacial score (nSPS) is 33.2. The van der Waals surface area contributed by atoms with Gasteiger partial charge in [0.2, 0.25) is 0 Å². The summed E-state index contributed by atoms with van der Waals surface area (Å²) in [5.74, 6) is 2.00. The van der Waals surface area contributed by atoms with Crippen LogP contribution < -0.4 is 5.32 Å². The lowest BCUT2D eigenvalue weighted by Crippen LogP contribution is -2.44. The highest BCUT2D eigenvalue weighted by Gasteiger charge is 2.24. The van der Waals surface area contributed by atoms with Gasteiger partial charge in [0.25, 0.3) is 0 Å². The van der Waals surface area contributed by atoms with Crippen LogP contribution in [0.25, 0.3) is 0 Å². The molecule has 1 atom stereocenters. The van der Waals surface area contributed by atoms with Crippen molar-refractivity contribution in [3.05, 3.63) is 0 Å². The van der Waals surface area contributed by atoms with E-state index >= 15 is 0 Å². The van der Waals surface area contributed by atoms with Gasteiger partial charge in [-0.3, -0.25) is 0 Å². The van der Waals surface area contributed by atoms with Crippen molar-refractivity contribution in [3.8, 4) is 0 Å². The predicted molar refractivity (Wildman–Crippen MR) is 51.2 cm³/mol. The largest absolute Gasteiger partial charge is 0.316 e. The molecule has 0 amide bonds. The molecule has 0 bridgehead atoms. The van der Waals surface area contributed by atoms with Crippen LogP contribution in [0.15, 0.2) is 0 Å². The average molecular weight is 168 g/mol. The second-order valence-corrected chi connectivity index (χ2v) is 4.53. The molecule has 2 rings (SSSR count). The van der Waals surface area contributed by atoms with Crippen LogP contribution in [-0.2, 0) is 0 Å². The number of nitrogens with zero attached hydrogens (tertiary/aromatic N) is 1. The number of rotatable bonds is 2. The second-order valence-electron chi connectivity index (χ2n) is 4.53. The first kappa shape index (κ1) is 8.52. The Morgan fingerprint density at radius 1 is 1.33 bits per heavy atom. The van der Waals surface area contributed by atoms with E-state index in [0.29, 0.717) is 0 Å². The Bertz CT molecular complexity index is 143. The fourth-order valence-corrected chi connectivity index (χ4v) is 2.45. The smallest absolute Gasteiger partial charge is 0.000673 e. The molecule has 2 fully saturated rings. The standard InChI is InChI=1S/C10H20N2/c1-12-4-2-3-9(8-12)5-10-6-11-7-10/h9-11H,2-8H2,1H3. The molecule has 2 heteroatoms. The quantitative estimate of drug-likeness (QED) is 0.660. The van der Waals surface area contributed by atoms with Crippen LogP contribution in [0.3, 0.4) is 0 Å². The van der Waals surface area contributed by atoms with Crippen LogP contribution in [0.5, 0.6) is 0 Å². The molecule has 12 heavy (non-hydrogen) atoms. The van der Waals surface area contributed by atoms with Crippen molar-refractivity contribution in [2.75, 3.05) is 33.2 Å². The molecule has 2 aliphatic heterocycles. The first-order valence-electron chi connectivity index (χ1n) is 5.24. The van der Waals surface area contributed by atoms with Crippen LogP contribution in [0.4, 0.5) is 0 Å². The Morgan fingerprint density at radius 2 is 2.17 bits per heavy atom. The van der Waals surface area contributed by atoms with E-state index in [1.165, 1.54) is 45.4 Å². The summed E-state index contributed by atoms with van der Waals surface area (Å²) in [6, 6.07) is 0. The van der Waals surface area contributed by atoms with Gasteiger partial charge in [0.15, 0.2) is 0 Å². The zero-order valence-corrected chi connectivity index (χ0v) is 8.05. The Balaban J connectivity index is 1.71. The summed E-state index contributed by atoms with van der Waals surface area (Å²) < 4.78 is 0. The first-order chi connectivity index (χ1) is 5.84. The predicted octanol–water partition coefficient (Wildman–Crippen LogP) is 0.938. The van der Waals surface area contributed by atoms with Crippen LogP contribution >= 0.6 is 0 Å². The second kappa shape index (κ2) is 3.75. The van der Waals surface area contributed by atoms with Gasteiger partial charge < -0.3 is 10.2 Å². The van der Waals surface area contributed by atoms with E-state index in [1.807, 2.05) is 0 Å². The van der Waals surface area contributed by atoms with Gasteiger partial charge in [0, 0.05) is 6.54 Å². The molecule has 2 aliphatic rings. The molecular formula is C10H20N2. The summed E-state index contributed by atoms with van der Waals surface area (Å²) in [6.45, 7) is 5.22. The molecule has 1 N–H and O–H groups in total. The first-order valence-corrected chi connectivity index (χ1v) is 5.24. The van der Waals surface area contributed by atoms with Gasteiger partial charge in [-0.2, -0.15) is 0 Å². The molecule has 0 aromatic heterocycles. The van der Waals surface area contributed by atoms with Crippen molar-refractivity contribution in [2.24, 2.45) is 11.8 Å². The molecule has 0 aromatic rings. The maximum atomic E-state index is 3.35. The van der Waals surface area contributed by atoms with Crippen LogP contribution in [0.1, 0.15) is 19.3 Å². The minimum atomic E-state index is 0.996. The van der Waals surface area contributed by atoms with Crippen LogP contribution in [0, 0.1) is 11.8 Å². The van der Waals surface area contributed by atoms with E-state index in [0.717, 1.165) is 11.8 Å². The summed E-state index contributed by atoms with van der Waals surface area (Å²) in [5.41, 5.74) is 0. The molecular weight excluding hydrogens is 148 g/mol. The molecule has 1 unspecified atom stereocenters. The molecule has 2 nitrogen and oxygen atoms in total. The van der Waals surface area contributed by atoms with Crippen molar-refractivity contribution in [1.82, 2.24) is 10.2 Å². The van der Waals surface area contributed by atoms with Crippen molar-refractivity contribution < 1.29 is 0 Å². The number of hydrogen-bond acceptors (Lipinski definition) is 2. The Hall–Kier alpha value is -0.0800. The Kier molecular flexibility index (Phi) is 2.66. The molecule has 2 saturated heterocycles. The van der Waals surface area contributed by atoms with Crippen molar-refractivity contribution in [1.29, 1.82) is 0 Å². The van der Waals surface area contributed by atoms with Gasteiger partial charge in [-0.05, 0) is 57.8 Å². The van der Waals surface area contributed by atoms with Crippen molar-refractivity contribution >= 4 is 0 Å². The summed E-state index contributed by atoms with van der Waals surface area (Å²) in [7, 11) is 2.26. The molecule has 0 spiro atoms. The van der Waals surface area contributed by atoms with E-state index in [4.69, 9.17) is 0 Å². The van der Waals surface area contributed by atoms with Crippen molar-refractivity contribution in [2.45, 2.75) is 19.3 Å². The van der Waals surface area contributed by atoms with Crippen LogP contribution in [0.2, 0.25) is 0 Å². The number of likely N-dealkylation sites (tertiary alicyclic amines) is 1. The summed E-state index contributed by atoms with van der Waals surface area (Å²) in [5, 5.41) is 3.35. The highest BCUT2D eigenvalue weighted by atomic mass is 15.1. The van der Waals surface area contributed by atoms with Gasteiger partial charge in [-0.15, -0.1) is 0 Å². The minimum absolute atomic E-state index is 0.996.